The number of amides is 1. The van der Waals surface area contributed by atoms with Gasteiger partial charge in [0.15, 0.2) is 0 Å². The van der Waals surface area contributed by atoms with E-state index in [9.17, 15) is 10.0 Å². The molecule has 2 aliphatic rings. The Morgan fingerprint density at radius 2 is 1.71 bits per heavy atom. The highest BCUT2D eigenvalue weighted by molar-refractivity contribution is 6.15. The first kappa shape index (κ1) is 20.9. The lowest BCUT2D eigenvalue weighted by Gasteiger charge is -2.26. The van der Waals surface area contributed by atoms with Crippen LogP contribution < -0.4 is 5.48 Å². The maximum absolute atomic E-state index is 12.3. The Bertz CT molecular complexity index is 1090. The third-order valence-corrected chi connectivity index (χ3v) is 5.64. The number of dihydropyridines is 1. The van der Waals surface area contributed by atoms with Gasteiger partial charge in [-0.25, -0.2) is 5.48 Å². The summed E-state index contributed by atoms with van der Waals surface area (Å²) in [5, 5.41) is 18.2. The fraction of sp³-hybridized carbons (Fsp3) is 0.240. The Balaban J connectivity index is 1.61. The van der Waals surface area contributed by atoms with Crippen LogP contribution in [0, 0.1) is 0 Å². The number of aliphatic hydroxyl groups excluding tert-OH is 1. The van der Waals surface area contributed by atoms with Gasteiger partial charge in [-0.3, -0.25) is 20.0 Å². The number of nitrogens with zero attached hydrogens (tertiary/aromatic N) is 2. The summed E-state index contributed by atoms with van der Waals surface area (Å²) in [7, 11) is 0. The molecule has 2 aromatic carbocycles. The standard InChI is InChI=1S/C25H25N3O3/c1-16-24-21(25(30)28-31)15-23(27-22(24)12-13-26-16)20-10-8-19(9-11-20)18-6-4-17(5-7-18)3-2-14-29/h4-11,13,15,22,29,31H,2-3,12,14H2,1H3,(H,28,30). The largest absolute Gasteiger partial charge is 0.396 e. The van der Waals surface area contributed by atoms with Gasteiger partial charge in [0.25, 0.3) is 5.91 Å². The van der Waals surface area contributed by atoms with Gasteiger partial charge in [0.2, 0.25) is 0 Å². The number of carbonyl (C=O) groups is 1. The number of hydrogen-bond acceptors (Lipinski definition) is 5. The Morgan fingerprint density at radius 1 is 1.06 bits per heavy atom. The molecule has 1 atom stereocenters. The van der Waals surface area contributed by atoms with Crippen molar-refractivity contribution in [1.82, 2.24) is 5.48 Å². The van der Waals surface area contributed by atoms with Crippen LogP contribution in [0.5, 0.6) is 0 Å². The molecule has 1 amide bonds. The number of allylic oxidation sites excluding steroid dienone is 2. The highest BCUT2D eigenvalue weighted by Gasteiger charge is 2.30. The zero-order chi connectivity index (χ0) is 21.8. The van der Waals surface area contributed by atoms with Gasteiger partial charge in [0, 0.05) is 30.5 Å². The van der Waals surface area contributed by atoms with E-state index in [-0.39, 0.29) is 12.6 Å². The molecule has 6 heteroatoms. The molecule has 158 valence electrons. The van der Waals surface area contributed by atoms with Crippen LogP contribution in [0.2, 0.25) is 0 Å². The molecule has 3 N–H and O–H groups in total. The Hall–Kier alpha value is -3.35. The SMILES string of the molecule is CC1=C2C(C(=O)NO)=CC(c3ccc(-c4ccc(CCCO)cc4)cc3)=NC2CC=N1. The predicted octanol–water partition coefficient (Wildman–Crippen LogP) is 3.63. The van der Waals surface area contributed by atoms with Gasteiger partial charge in [0.1, 0.15) is 0 Å². The number of benzene rings is 2. The van der Waals surface area contributed by atoms with Crippen molar-refractivity contribution in [2.45, 2.75) is 32.2 Å². The summed E-state index contributed by atoms with van der Waals surface area (Å²) in [6, 6.07) is 16.2. The fourth-order valence-electron chi connectivity index (χ4n) is 4.02. The second kappa shape index (κ2) is 9.20. The van der Waals surface area contributed by atoms with Crippen molar-refractivity contribution < 1.29 is 15.1 Å². The normalized spacial score (nSPS) is 17.7. The van der Waals surface area contributed by atoms with Crippen molar-refractivity contribution in [2.24, 2.45) is 9.98 Å². The number of hydrogen-bond donors (Lipinski definition) is 3. The van der Waals surface area contributed by atoms with E-state index in [2.05, 4.69) is 29.3 Å². The number of nitrogens with one attached hydrogen (secondary N) is 1. The molecule has 2 aromatic rings. The summed E-state index contributed by atoms with van der Waals surface area (Å²) in [6.45, 7) is 2.05. The molecule has 0 aliphatic carbocycles. The fourth-order valence-corrected chi connectivity index (χ4v) is 4.02. The van der Waals surface area contributed by atoms with Crippen LogP contribution >= 0.6 is 0 Å². The highest BCUT2D eigenvalue weighted by Crippen LogP contribution is 2.32. The molecular weight excluding hydrogens is 390 g/mol. The average Bonchev–Trinajstić information content (AvgIpc) is 2.82. The summed E-state index contributed by atoms with van der Waals surface area (Å²) in [4.78, 5) is 21.5. The van der Waals surface area contributed by atoms with Gasteiger partial charge in [-0.2, -0.15) is 0 Å². The van der Waals surface area contributed by atoms with Gasteiger partial charge in [-0.1, -0.05) is 48.5 Å². The van der Waals surface area contributed by atoms with Crippen LogP contribution in [0.25, 0.3) is 11.1 Å². The number of aliphatic imine (C=N–C) groups is 2. The molecule has 2 aliphatic heterocycles. The van der Waals surface area contributed by atoms with Gasteiger partial charge in [-0.15, -0.1) is 0 Å². The van der Waals surface area contributed by atoms with Crippen LogP contribution in [-0.2, 0) is 11.2 Å². The van der Waals surface area contributed by atoms with E-state index in [4.69, 9.17) is 10.1 Å². The van der Waals surface area contributed by atoms with Crippen LogP contribution in [0.15, 0.2) is 81.4 Å². The summed E-state index contributed by atoms with van der Waals surface area (Å²) in [5.74, 6) is -0.554. The Morgan fingerprint density at radius 3 is 2.35 bits per heavy atom. The van der Waals surface area contributed by atoms with E-state index >= 15 is 0 Å². The number of rotatable bonds is 6. The molecule has 0 aromatic heterocycles. The van der Waals surface area contributed by atoms with Crippen molar-refractivity contribution in [3.05, 3.63) is 82.6 Å². The first-order valence-electron chi connectivity index (χ1n) is 10.4. The molecule has 6 nitrogen and oxygen atoms in total. The summed E-state index contributed by atoms with van der Waals surface area (Å²) in [6.07, 6.45) is 5.79. The molecule has 0 spiro atoms. The minimum Gasteiger partial charge on any atom is -0.396 e. The van der Waals surface area contributed by atoms with E-state index in [0.717, 1.165) is 40.8 Å². The van der Waals surface area contributed by atoms with Crippen LogP contribution in [0.4, 0.5) is 0 Å². The van der Waals surface area contributed by atoms with Gasteiger partial charge in [0.05, 0.1) is 17.3 Å². The third kappa shape index (κ3) is 4.40. The first-order chi connectivity index (χ1) is 15.1. The van der Waals surface area contributed by atoms with Crippen molar-refractivity contribution in [3.8, 4) is 11.1 Å². The smallest absolute Gasteiger partial charge is 0.275 e. The van der Waals surface area contributed by atoms with Crippen LogP contribution in [-0.4, -0.2) is 40.8 Å². The first-order valence-corrected chi connectivity index (χ1v) is 10.4. The Labute approximate surface area is 181 Å². The van der Waals surface area contributed by atoms with Crippen LogP contribution in [0.1, 0.15) is 30.9 Å². The number of hydroxylamine groups is 1. The summed E-state index contributed by atoms with van der Waals surface area (Å²) >= 11 is 0. The molecule has 0 fully saturated rings. The number of aliphatic hydroxyl groups is 1. The predicted molar refractivity (Wildman–Crippen MR) is 121 cm³/mol. The lowest BCUT2D eigenvalue weighted by Crippen LogP contribution is -2.31. The minimum atomic E-state index is -0.554. The third-order valence-electron chi connectivity index (χ3n) is 5.64. The summed E-state index contributed by atoms with van der Waals surface area (Å²) < 4.78 is 0. The van der Waals surface area contributed by atoms with E-state index in [1.807, 2.05) is 37.4 Å². The average molecular weight is 415 g/mol. The van der Waals surface area contributed by atoms with E-state index in [1.165, 1.54) is 5.56 Å². The zero-order valence-corrected chi connectivity index (χ0v) is 17.4. The van der Waals surface area contributed by atoms with Gasteiger partial charge < -0.3 is 5.11 Å². The van der Waals surface area contributed by atoms with Crippen molar-refractivity contribution >= 4 is 17.8 Å². The molecule has 1 unspecified atom stereocenters. The minimum absolute atomic E-state index is 0.184. The monoisotopic (exact) mass is 415 g/mol. The molecule has 0 bridgehead atoms. The topological polar surface area (TPSA) is 94.3 Å². The summed E-state index contributed by atoms with van der Waals surface area (Å²) in [5.41, 5.74) is 8.68. The molecule has 31 heavy (non-hydrogen) atoms. The van der Waals surface area contributed by atoms with Crippen molar-refractivity contribution in [2.75, 3.05) is 6.61 Å². The molecule has 0 radical (unpaired) electrons. The molecule has 2 heterocycles. The maximum atomic E-state index is 12.3. The van der Waals surface area contributed by atoms with E-state index in [1.54, 1.807) is 11.6 Å². The maximum Gasteiger partial charge on any atom is 0.275 e. The van der Waals surface area contributed by atoms with E-state index in [0.29, 0.717) is 17.7 Å². The van der Waals surface area contributed by atoms with Gasteiger partial charge in [-0.05, 0) is 48.1 Å². The van der Waals surface area contributed by atoms with Crippen molar-refractivity contribution in [1.29, 1.82) is 0 Å². The molecule has 0 saturated heterocycles. The Kier molecular flexibility index (Phi) is 6.21. The number of carbonyl (C=O) groups excluding carboxylic acids is 1. The highest BCUT2D eigenvalue weighted by atomic mass is 16.5. The number of fused-ring (bicyclic) bond motifs is 1. The van der Waals surface area contributed by atoms with Crippen LogP contribution in [0.3, 0.4) is 0 Å². The molecule has 4 rings (SSSR count). The zero-order valence-electron chi connectivity index (χ0n) is 17.4. The molecular formula is C25H25N3O3. The quantitative estimate of drug-likeness (QED) is 0.497. The van der Waals surface area contributed by atoms with Crippen molar-refractivity contribution in [3.63, 3.8) is 0 Å². The second-order valence-corrected chi connectivity index (χ2v) is 7.68. The van der Waals surface area contributed by atoms with Gasteiger partial charge >= 0.3 is 0 Å². The van der Waals surface area contributed by atoms with E-state index < -0.39 is 5.91 Å². The molecule has 0 saturated carbocycles. The lowest BCUT2D eigenvalue weighted by molar-refractivity contribution is -0.125. The lowest BCUT2D eigenvalue weighted by atomic mass is 9.88. The number of aryl methyl sites for hydroxylation is 1. The second-order valence-electron chi connectivity index (χ2n) is 7.68.